The summed E-state index contributed by atoms with van der Waals surface area (Å²) in [6.07, 6.45) is 0. The van der Waals surface area contributed by atoms with Crippen molar-refractivity contribution in [2.75, 3.05) is 0 Å². The van der Waals surface area contributed by atoms with Gasteiger partial charge >= 0.3 is 33.2 Å². The zero-order valence-electron chi connectivity index (χ0n) is 3.86. The van der Waals surface area contributed by atoms with E-state index in [0.717, 1.165) is 0 Å². The van der Waals surface area contributed by atoms with Gasteiger partial charge in [-0.3, -0.25) is 0 Å². The Labute approximate surface area is 34.3 Å². The summed E-state index contributed by atoms with van der Waals surface area (Å²) in [7, 11) is 3.56. The Hall–Kier alpha value is -0.0651. The molecule has 0 atom stereocenters. The van der Waals surface area contributed by atoms with Crippen LogP contribution in [0.25, 0.3) is 0 Å². The van der Waals surface area contributed by atoms with E-state index < -0.39 is 0 Å². The first-order valence-electron chi connectivity index (χ1n) is 1.90. The van der Waals surface area contributed by atoms with Crippen LogP contribution in [-0.2, 0) is 0 Å². The summed E-state index contributed by atoms with van der Waals surface area (Å²) >= 11 is 0. The Bertz CT molecular complexity index is 30.6. The SMILES string of the molecule is B=CC(C)C. The predicted molar refractivity (Wildman–Crippen MR) is 28.1 cm³/mol. The molecule has 0 aliphatic heterocycles. The third kappa shape index (κ3) is 3.93. The first-order valence-corrected chi connectivity index (χ1v) is 1.90. The molecule has 0 aliphatic rings. The zero-order chi connectivity index (χ0) is 4.28. The molecule has 0 amide bonds. The van der Waals surface area contributed by atoms with Crippen LogP contribution in [0.5, 0.6) is 0 Å². The van der Waals surface area contributed by atoms with Crippen molar-refractivity contribution in [3.05, 3.63) is 0 Å². The number of hydrogen-bond donors (Lipinski definition) is 0. The Kier molecular flexibility index (Phi) is 2.16. The van der Waals surface area contributed by atoms with Gasteiger partial charge in [-0.1, -0.05) is 0 Å². The second-order valence-corrected chi connectivity index (χ2v) is 1.48. The van der Waals surface area contributed by atoms with E-state index in [9.17, 15) is 0 Å². The van der Waals surface area contributed by atoms with Crippen LogP contribution in [0.2, 0.25) is 0 Å². The van der Waals surface area contributed by atoms with E-state index in [1.165, 1.54) is 0 Å². The van der Waals surface area contributed by atoms with Crippen LogP contribution in [0, 0.1) is 5.92 Å². The molecule has 0 nitrogen and oxygen atoms in total. The van der Waals surface area contributed by atoms with E-state index in [0.29, 0.717) is 5.92 Å². The van der Waals surface area contributed by atoms with Crippen molar-refractivity contribution in [2.24, 2.45) is 5.92 Å². The van der Waals surface area contributed by atoms with Gasteiger partial charge < -0.3 is 0 Å². The van der Waals surface area contributed by atoms with Crippen molar-refractivity contribution in [3.63, 3.8) is 0 Å². The van der Waals surface area contributed by atoms with Crippen molar-refractivity contribution in [2.45, 2.75) is 13.8 Å². The maximum atomic E-state index is 3.56. The van der Waals surface area contributed by atoms with Crippen molar-refractivity contribution in [1.29, 1.82) is 0 Å². The zero-order valence-corrected chi connectivity index (χ0v) is 3.86. The quantitative estimate of drug-likeness (QED) is 0.389. The average molecular weight is 67.9 g/mol. The fourth-order valence-corrected chi connectivity index (χ4v) is 0. The van der Waals surface area contributed by atoms with E-state index in [2.05, 4.69) is 21.3 Å². The van der Waals surface area contributed by atoms with Crippen LogP contribution in [0.3, 0.4) is 0 Å². The predicted octanol–water partition coefficient (Wildman–Crippen LogP) is 0.345. The summed E-state index contributed by atoms with van der Waals surface area (Å²) in [5.74, 6) is 2.56. The third-order valence-corrected chi connectivity index (χ3v) is 0.471. The topological polar surface area (TPSA) is 0 Å². The number of rotatable bonds is 1. The molecule has 0 N–H and O–H groups in total. The summed E-state index contributed by atoms with van der Waals surface area (Å²) in [5, 5.41) is 0. The fraction of sp³-hybridized carbons (Fsp3) is 0.750. The van der Waals surface area contributed by atoms with Gasteiger partial charge in [-0.15, -0.1) is 0 Å². The van der Waals surface area contributed by atoms with Crippen molar-refractivity contribution in [1.82, 2.24) is 0 Å². The van der Waals surface area contributed by atoms with E-state index in [4.69, 9.17) is 0 Å². The summed E-state index contributed by atoms with van der Waals surface area (Å²) in [5.41, 5.74) is 0. The molecule has 0 aromatic heterocycles. The van der Waals surface area contributed by atoms with Gasteiger partial charge in [0.1, 0.15) is 0 Å². The molecule has 0 aromatic carbocycles. The fourth-order valence-electron chi connectivity index (χ4n) is 0. The van der Waals surface area contributed by atoms with Gasteiger partial charge in [-0.25, -0.2) is 0 Å². The van der Waals surface area contributed by atoms with Gasteiger partial charge in [0.25, 0.3) is 0 Å². The summed E-state index contributed by atoms with van der Waals surface area (Å²) in [6.45, 7) is 4.21. The van der Waals surface area contributed by atoms with E-state index in [1.54, 1.807) is 0 Å². The molecule has 0 saturated carbocycles. The monoisotopic (exact) mass is 68.1 g/mol. The molecule has 0 bridgehead atoms. The summed E-state index contributed by atoms with van der Waals surface area (Å²) < 4.78 is 0. The van der Waals surface area contributed by atoms with Crippen LogP contribution < -0.4 is 0 Å². The summed E-state index contributed by atoms with van der Waals surface area (Å²) in [4.78, 5) is 0. The van der Waals surface area contributed by atoms with Crippen molar-refractivity contribution in [3.8, 4) is 0 Å². The molecule has 28 valence electrons. The second-order valence-electron chi connectivity index (χ2n) is 1.48. The molecular weight excluding hydrogens is 58.9 g/mol. The Morgan fingerprint density at radius 1 is 1.60 bits per heavy atom. The van der Waals surface area contributed by atoms with Gasteiger partial charge in [0.15, 0.2) is 0 Å². The molecular formula is C4H9B. The molecule has 0 aliphatic carbocycles. The van der Waals surface area contributed by atoms with Gasteiger partial charge in [0.2, 0.25) is 0 Å². The standard InChI is InChI=1S/C4H9B/c1-4(2)3-5/h3-5H,1-2H3. The minimum absolute atomic E-state index is 0.648. The van der Waals surface area contributed by atoms with Crippen LogP contribution in [-0.4, -0.2) is 13.5 Å². The van der Waals surface area contributed by atoms with Crippen molar-refractivity contribution < 1.29 is 0 Å². The molecule has 0 unspecified atom stereocenters. The van der Waals surface area contributed by atoms with Gasteiger partial charge in [-0.2, -0.15) is 0 Å². The molecule has 1 heteroatoms. The van der Waals surface area contributed by atoms with E-state index in [1.807, 2.05) is 5.97 Å². The van der Waals surface area contributed by atoms with Gasteiger partial charge in [0.05, 0.1) is 0 Å². The van der Waals surface area contributed by atoms with Crippen LogP contribution in [0.1, 0.15) is 13.8 Å². The first-order chi connectivity index (χ1) is 2.27. The molecule has 0 heterocycles. The Morgan fingerprint density at radius 3 is 1.80 bits per heavy atom. The van der Waals surface area contributed by atoms with Gasteiger partial charge in [-0.05, 0) is 0 Å². The van der Waals surface area contributed by atoms with Crippen LogP contribution in [0.4, 0.5) is 0 Å². The van der Waals surface area contributed by atoms with E-state index in [-0.39, 0.29) is 0 Å². The molecule has 0 rings (SSSR count). The third-order valence-electron chi connectivity index (χ3n) is 0.471. The molecule has 0 fully saturated rings. The molecule has 5 heavy (non-hydrogen) atoms. The average Bonchev–Trinajstić information content (AvgIpc) is 1.38. The maximum absolute atomic E-state index is 3.56. The van der Waals surface area contributed by atoms with Crippen LogP contribution >= 0.6 is 0 Å². The second kappa shape index (κ2) is 2.19. The molecule has 0 spiro atoms. The van der Waals surface area contributed by atoms with E-state index >= 15 is 0 Å². The molecule has 0 saturated heterocycles. The van der Waals surface area contributed by atoms with Crippen LogP contribution in [0.15, 0.2) is 0 Å². The van der Waals surface area contributed by atoms with Crippen molar-refractivity contribution >= 4 is 13.5 Å². The van der Waals surface area contributed by atoms with Gasteiger partial charge in [0, 0.05) is 0 Å². The Balaban J connectivity index is 2.83. The number of hydrogen-bond acceptors (Lipinski definition) is 0. The summed E-state index contributed by atoms with van der Waals surface area (Å²) in [6, 6.07) is 0. The Morgan fingerprint density at radius 2 is 1.80 bits per heavy atom. The first kappa shape index (κ1) is 4.93. The molecule has 0 radical (unpaired) electrons. The minimum atomic E-state index is 0.648. The normalized spacial score (nSPS) is 8.40. The molecule has 0 aromatic rings.